The third kappa shape index (κ3) is 3.78. The molecule has 0 aliphatic carbocycles. The van der Waals surface area contributed by atoms with Crippen LogP contribution in [-0.2, 0) is 14.8 Å². The van der Waals surface area contributed by atoms with E-state index in [2.05, 4.69) is 0 Å². The van der Waals surface area contributed by atoms with Crippen molar-refractivity contribution in [1.82, 2.24) is 9.21 Å². The van der Waals surface area contributed by atoms with Crippen molar-refractivity contribution in [2.24, 2.45) is 0 Å². The Hall–Kier alpha value is -1.10. The molecule has 144 valence electrons. The third-order valence-corrected chi connectivity index (χ3v) is 8.40. The number of benzene rings is 1. The Morgan fingerprint density at radius 2 is 1.88 bits per heavy atom. The van der Waals surface area contributed by atoms with Gasteiger partial charge < -0.3 is 14.4 Å². The number of ether oxygens (including phenoxy) is 2. The second-order valence-corrected chi connectivity index (χ2v) is 9.95. The monoisotopic (exact) mass is 418 g/mol. The Balaban J connectivity index is 1.91. The van der Waals surface area contributed by atoms with Crippen LogP contribution in [0.1, 0.15) is 0 Å². The number of amides is 1. The summed E-state index contributed by atoms with van der Waals surface area (Å²) in [5.74, 6) is 3.05. The van der Waals surface area contributed by atoms with Gasteiger partial charge in [-0.1, -0.05) is 0 Å². The Morgan fingerprint density at radius 1 is 1.15 bits per heavy atom. The second kappa shape index (κ2) is 8.28. The average molecular weight is 419 g/mol. The molecule has 1 unspecified atom stereocenters. The van der Waals surface area contributed by atoms with E-state index in [-0.39, 0.29) is 22.4 Å². The lowest BCUT2D eigenvalue weighted by Crippen LogP contribution is -2.51. The van der Waals surface area contributed by atoms with Gasteiger partial charge in [-0.15, -0.1) is 11.8 Å². The topological polar surface area (TPSA) is 76.1 Å². The molecule has 10 heteroatoms. The predicted octanol–water partition coefficient (Wildman–Crippen LogP) is 1.34. The molecule has 2 aliphatic heterocycles. The quantitative estimate of drug-likeness (QED) is 0.714. The van der Waals surface area contributed by atoms with Gasteiger partial charge >= 0.3 is 0 Å². The molecule has 3 rings (SSSR count). The molecule has 0 radical (unpaired) electrons. The van der Waals surface area contributed by atoms with E-state index in [9.17, 15) is 13.2 Å². The molecule has 0 bridgehead atoms. The van der Waals surface area contributed by atoms with Gasteiger partial charge in [0.2, 0.25) is 15.9 Å². The summed E-state index contributed by atoms with van der Waals surface area (Å²) in [5, 5.41) is 0. The SMILES string of the molecule is COc1ccc(OC)c(S(=O)(=O)N2CSCC2C(=O)N2CCSCC2)c1. The van der Waals surface area contributed by atoms with E-state index >= 15 is 0 Å². The molecule has 2 aliphatic rings. The lowest BCUT2D eigenvalue weighted by Gasteiger charge is -2.31. The number of methoxy groups -OCH3 is 2. The molecule has 1 atom stereocenters. The number of carbonyl (C=O) groups excluding carboxylic acids is 1. The van der Waals surface area contributed by atoms with Crippen LogP contribution in [0.15, 0.2) is 23.1 Å². The number of nitrogens with zero attached hydrogens (tertiary/aromatic N) is 2. The van der Waals surface area contributed by atoms with Crippen molar-refractivity contribution in [2.45, 2.75) is 10.9 Å². The first-order valence-corrected chi connectivity index (χ1v) is 11.9. The molecule has 0 N–H and O–H groups in total. The van der Waals surface area contributed by atoms with Crippen molar-refractivity contribution in [3.05, 3.63) is 18.2 Å². The van der Waals surface area contributed by atoms with E-state index < -0.39 is 16.1 Å². The number of carbonyl (C=O) groups is 1. The zero-order valence-corrected chi connectivity index (χ0v) is 17.2. The van der Waals surface area contributed by atoms with Crippen LogP contribution in [0.4, 0.5) is 0 Å². The molecule has 2 saturated heterocycles. The summed E-state index contributed by atoms with van der Waals surface area (Å²) in [4.78, 5) is 14.7. The molecule has 0 saturated carbocycles. The van der Waals surface area contributed by atoms with E-state index in [1.165, 1.54) is 36.4 Å². The van der Waals surface area contributed by atoms with E-state index in [4.69, 9.17) is 9.47 Å². The van der Waals surface area contributed by atoms with E-state index in [0.717, 1.165) is 11.5 Å². The van der Waals surface area contributed by atoms with Gasteiger partial charge in [0, 0.05) is 36.4 Å². The Bertz CT molecular complexity index is 765. The Labute approximate surface area is 162 Å². The van der Waals surface area contributed by atoms with Gasteiger partial charge in [-0.3, -0.25) is 4.79 Å². The van der Waals surface area contributed by atoms with Gasteiger partial charge in [0.05, 0.1) is 20.1 Å². The minimum absolute atomic E-state index is 0.0221. The van der Waals surface area contributed by atoms with Gasteiger partial charge in [0.25, 0.3) is 0 Å². The van der Waals surface area contributed by atoms with Gasteiger partial charge in [-0.05, 0) is 12.1 Å². The maximum absolute atomic E-state index is 13.3. The van der Waals surface area contributed by atoms with Crippen molar-refractivity contribution in [1.29, 1.82) is 0 Å². The summed E-state index contributed by atoms with van der Waals surface area (Å²) in [6.07, 6.45) is 0. The van der Waals surface area contributed by atoms with Crippen molar-refractivity contribution in [3.8, 4) is 11.5 Å². The summed E-state index contributed by atoms with van der Waals surface area (Å²) in [7, 11) is -0.991. The highest BCUT2D eigenvalue weighted by Crippen LogP contribution is 2.35. The molecular weight excluding hydrogens is 396 g/mol. The maximum atomic E-state index is 13.3. The van der Waals surface area contributed by atoms with Crippen molar-refractivity contribution < 1.29 is 22.7 Å². The summed E-state index contributed by atoms with van der Waals surface area (Å²) in [6.45, 7) is 1.34. The fraction of sp³-hybridized carbons (Fsp3) is 0.562. The summed E-state index contributed by atoms with van der Waals surface area (Å²) < 4.78 is 38.3. The van der Waals surface area contributed by atoms with Crippen LogP contribution < -0.4 is 9.47 Å². The first-order valence-electron chi connectivity index (χ1n) is 8.17. The minimum Gasteiger partial charge on any atom is -0.497 e. The molecule has 0 aromatic heterocycles. The highest BCUT2D eigenvalue weighted by Gasteiger charge is 2.43. The highest BCUT2D eigenvalue weighted by atomic mass is 32.2. The fourth-order valence-electron chi connectivity index (χ4n) is 2.97. The predicted molar refractivity (Wildman–Crippen MR) is 104 cm³/mol. The summed E-state index contributed by atoms with van der Waals surface area (Å²) in [5.41, 5.74) is 0. The number of hydrogen-bond donors (Lipinski definition) is 0. The van der Waals surface area contributed by atoms with E-state index in [1.807, 2.05) is 11.8 Å². The fourth-order valence-corrected chi connectivity index (χ4v) is 7.18. The normalized spacial score (nSPS) is 21.6. The van der Waals surface area contributed by atoms with Crippen LogP contribution in [0.5, 0.6) is 11.5 Å². The average Bonchev–Trinajstić information content (AvgIpc) is 3.18. The van der Waals surface area contributed by atoms with Crippen LogP contribution in [-0.4, -0.2) is 80.0 Å². The lowest BCUT2D eigenvalue weighted by atomic mass is 10.3. The molecule has 2 fully saturated rings. The van der Waals surface area contributed by atoms with E-state index in [0.29, 0.717) is 24.6 Å². The third-order valence-electron chi connectivity index (χ3n) is 4.41. The van der Waals surface area contributed by atoms with Gasteiger partial charge in [-0.25, -0.2) is 8.42 Å². The maximum Gasteiger partial charge on any atom is 0.248 e. The van der Waals surface area contributed by atoms with Crippen molar-refractivity contribution in [3.63, 3.8) is 0 Å². The van der Waals surface area contributed by atoms with Crippen molar-refractivity contribution in [2.75, 3.05) is 50.4 Å². The highest BCUT2D eigenvalue weighted by molar-refractivity contribution is 8.00. The molecule has 2 heterocycles. The number of hydrogen-bond acceptors (Lipinski definition) is 7. The first-order chi connectivity index (χ1) is 12.5. The molecule has 1 aromatic carbocycles. The molecule has 7 nitrogen and oxygen atoms in total. The zero-order chi connectivity index (χ0) is 18.7. The van der Waals surface area contributed by atoms with Crippen LogP contribution in [0.3, 0.4) is 0 Å². The van der Waals surface area contributed by atoms with Crippen LogP contribution in [0.25, 0.3) is 0 Å². The van der Waals surface area contributed by atoms with E-state index in [1.54, 1.807) is 17.0 Å². The smallest absolute Gasteiger partial charge is 0.248 e. The lowest BCUT2D eigenvalue weighted by molar-refractivity contribution is -0.133. The van der Waals surface area contributed by atoms with Crippen molar-refractivity contribution >= 4 is 39.5 Å². The molecular formula is C16H22N2O5S3. The number of sulfonamides is 1. The minimum atomic E-state index is -3.89. The standard InChI is InChI=1S/C16H22N2O5S3/c1-22-12-3-4-14(23-2)15(9-12)26(20,21)18-11-25-10-13(18)16(19)17-5-7-24-8-6-17/h3-4,9,13H,5-8,10-11H2,1-2H3. The number of thioether (sulfide) groups is 2. The molecule has 0 spiro atoms. The van der Waals surface area contributed by atoms with Gasteiger partial charge in [0.15, 0.2) is 0 Å². The van der Waals surface area contributed by atoms with Gasteiger partial charge in [-0.2, -0.15) is 16.1 Å². The number of rotatable bonds is 5. The second-order valence-electron chi connectivity index (χ2n) is 5.86. The van der Waals surface area contributed by atoms with Crippen LogP contribution in [0, 0.1) is 0 Å². The molecule has 1 aromatic rings. The first kappa shape index (κ1) is 19.7. The molecule has 26 heavy (non-hydrogen) atoms. The Kier molecular flexibility index (Phi) is 6.26. The Morgan fingerprint density at radius 3 is 2.54 bits per heavy atom. The zero-order valence-electron chi connectivity index (χ0n) is 14.7. The van der Waals surface area contributed by atoms with Crippen LogP contribution >= 0.6 is 23.5 Å². The summed E-state index contributed by atoms with van der Waals surface area (Å²) >= 11 is 3.26. The molecule has 1 amide bonds. The van der Waals surface area contributed by atoms with Crippen LogP contribution in [0.2, 0.25) is 0 Å². The van der Waals surface area contributed by atoms with Gasteiger partial charge in [0.1, 0.15) is 22.4 Å². The summed E-state index contributed by atoms with van der Waals surface area (Å²) in [6, 6.07) is 3.97. The largest absolute Gasteiger partial charge is 0.497 e.